The lowest BCUT2D eigenvalue weighted by Crippen LogP contribution is -2.27. The number of halogens is 2. The maximum absolute atomic E-state index is 13.6. The fourth-order valence-electron chi connectivity index (χ4n) is 2.60. The molecule has 0 unspecified atom stereocenters. The van der Waals surface area contributed by atoms with Crippen LogP contribution in [0.15, 0.2) is 12.1 Å². The molecule has 0 amide bonds. The zero-order valence-electron chi connectivity index (χ0n) is 11.4. The van der Waals surface area contributed by atoms with Gasteiger partial charge in [-0.1, -0.05) is 37.8 Å². The minimum absolute atomic E-state index is 0.0868. The largest absolute Gasteiger partial charge is 0.491 e. The minimum Gasteiger partial charge on any atom is -0.491 e. The van der Waals surface area contributed by atoms with Gasteiger partial charge in [-0.15, -0.1) is 0 Å². The second-order valence-electron chi connectivity index (χ2n) is 5.73. The normalized spacial score (nSPS) is 17.8. The van der Waals surface area contributed by atoms with Gasteiger partial charge in [0, 0.05) is 11.5 Å². The zero-order valence-corrected chi connectivity index (χ0v) is 12.2. The molecule has 0 aliphatic heterocycles. The van der Waals surface area contributed by atoms with E-state index in [1.807, 2.05) is 0 Å². The van der Waals surface area contributed by atoms with Crippen LogP contribution in [0.1, 0.15) is 49.4 Å². The predicted molar refractivity (Wildman–Crippen MR) is 75.1 cm³/mol. The number of rotatable bonds is 4. The second-order valence-corrected chi connectivity index (χ2v) is 6.13. The Balaban J connectivity index is 2.10. The second kappa shape index (κ2) is 6.00. The van der Waals surface area contributed by atoms with Crippen molar-refractivity contribution >= 4 is 17.6 Å². The van der Waals surface area contributed by atoms with Gasteiger partial charge in [0.2, 0.25) is 0 Å². The van der Waals surface area contributed by atoms with Gasteiger partial charge in [-0.05, 0) is 18.9 Å². The lowest BCUT2D eigenvalue weighted by molar-refractivity contribution is 0.0691. The van der Waals surface area contributed by atoms with Crippen LogP contribution in [0.3, 0.4) is 0 Å². The first kappa shape index (κ1) is 15.1. The van der Waals surface area contributed by atoms with Crippen LogP contribution >= 0.6 is 11.6 Å². The van der Waals surface area contributed by atoms with Crippen LogP contribution in [0.2, 0.25) is 5.02 Å². The van der Waals surface area contributed by atoms with E-state index in [0.717, 1.165) is 25.0 Å². The van der Waals surface area contributed by atoms with Crippen molar-refractivity contribution in [3.05, 3.63) is 28.5 Å². The summed E-state index contributed by atoms with van der Waals surface area (Å²) in [5.74, 6) is -1.96. The highest BCUT2D eigenvalue weighted by atomic mass is 35.5. The summed E-state index contributed by atoms with van der Waals surface area (Å²) < 4.78 is 19.3. The number of ether oxygens (including phenoxy) is 1. The van der Waals surface area contributed by atoms with Gasteiger partial charge in [0.15, 0.2) is 0 Å². The molecule has 0 atom stereocenters. The maximum Gasteiger partial charge on any atom is 0.338 e. The lowest BCUT2D eigenvalue weighted by atomic mass is 9.76. The SMILES string of the molecule is CC1(COc2cc(F)c(C(=O)O)cc2Cl)CCCCC1. The molecule has 1 aromatic rings. The average molecular weight is 301 g/mol. The monoisotopic (exact) mass is 300 g/mol. The molecule has 0 bridgehead atoms. The molecule has 3 nitrogen and oxygen atoms in total. The Morgan fingerprint density at radius 3 is 2.65 bits per heavy atom. The van der Waals surface area contributed by atoms with Crippen LogP contribution in [0.4, 0.5) is 4.39 Å². The van der Waals surface area contributed by atoms with Crippen molar-refractivity contribution in [2.75, 3.05) is 6.61 Å². The molecule has 1 fully saturated rings. The Kier molecular flexibility index (Phi) is 4.53. The molecular weight excluding hydrogens is 283 g/mol. The summed E-state index contributed by atoms with van der Waals surface area (Å²) in [6.07, 6.45) is 5.78. The molecule has 110 valence electrons. The molecule has 1 aromatic carbocycles. The number of hydrogen-bond donors (Lipinski definition) is 1. The maximum atomic E-state index is 13.6. The molecule has 1 saturated carbocycles. The molecule has 0 radical (unpaired) electrons. The predicted octanol–water partition coefficient (Wildman–Crippen LogP) is 4.53. The third-order valence-electron chi connectivity index (χ3n) is 3.89. The molecule has 1 aliphatic carbocycles. The molecule has 0 aromatic heterocycles. The lowest BCUT2D eigenvalue weighted by Gasteiger charge is -2.33. The van der Waals surface area contributed by atoms with Gasteiger partial charge in [-0.2, -0.15) is 0 Å². The highest BCUT2D eigenvalue weighted by Crippen LogP contribution is 2.37. The molecule has 0 spiro atoms. The van der Waals surface area contributed by atoms with E-state index in [1.165, 1.54) is 19.3 Å². The summed E-state index contributed by atoms with van der Waals surface area (Å²) in [6.45, 7) is 2.63. The molecule has 5 heteroatoms. The van der Waals surface area contributed by atoms with E-state index in [9.17, 15) is 9.18 Å². The van der Waals surface area contributed by atoms with Crippen LogP contribution in [-0.4, -0.2) is 17.7 Å². The number of carboxylic acids is 1. The van der Waals surface area contributed by atoms with Gasteiger partial charge in [-0.25, -0.2) is 9.18 Å². The van der Waals surface area contributed by atoms with Crippen LogP contribution in [-0.2, 0) is 0 Å². The van der Waals surface area contributed by atoms with E-state index in [-0.39, 0.29) is 16.2 Å². The topological polar surface area (TPSA) is 46.5 Å². The minimum atomic E-state index is -1.34. The van der Waals surface area contributed by atoms with Gasteiger partial charge in [0.05, 0.1) is 17.2 Å². The van der Waals surface area contributed by atoms with Crippen molar-refractivity contribution in [3.8, 4) is 5.75 Å². The van der Waals surface area contributed by atoms with Crippen LogP contribution < -0.4 is 4.74 Å². The molecule has 1 aliphatic rings. The van der Waals surface area contributed by atoms with E-state index in [0.29, 0.717) is 6.61 Å². The highest BCUT2D eigenvalue weighted by Gasteiger charge is 2.28. The third kappa shape index (κ3) is 3.42. The van der Waals surface area contributed by atoms with Gasteiger partial charge < -0.3 is 9.84 Å². The number of benzene rings is 1. The van der Waals surface area contributed by atoms with E-state index in [1.54, 1.807) is 0 Å². The first-order valence-electron chi connectivity index (χ1n) is 6.76. The van der Waals surface area contributed by atoms with Gasteiger partial charge in [0.25, 0.3) is 0 Å². The van der Waals surface area contributed by atoms with Crippen LogP contribution in [0.5, 0.6) is 5.75 Å². The van der Waals surface area contributed by atoms with Crippen molar-refractivity contribution in [2.45, 2.75) is 39.0 Å². The number of carbonyl (C=O) groups is 1. The Bertz CT molecular complexity index is 510. The van der Waals surface area contributed by atoms with E-state index >= 15 is 0 Å². The van der Waals surface area contributed by atoms with Crippen LogP contribution in [0.25, 0.3) is 0 Å². The first-order valence-corrected chi connectivity index (χ1v) is 7.14. The van der Waals surface area contributed by atoms with Crippen molar-refractivity contribution in [2.24, 2.45) is 5.41 Å². The Hall–Kier alpha value is -1.29. The Morgan fingerprint density at radius 1 is 1.40 bits per heavy atom. The Morgan fingerprint density at radius 2 is 2.05 bits per heavy atom. The van der Waals surface area contributed by atoms with Crippen molar-refractivity contribution in [1.82, 2.24) is 0 Å². The molecule has 0 heterocycles. The van der Waals surface area contributed by atoms with E-state index in [4.69, 9.17) is 21.4 Å². The number of aromatic carboxylic acids is 1. The quantitative estimate of drug-likeness (QED) is 0.889. The number of carboxylic acid groups (broad SMARTS) is 1. The Labute approximate surface area is 122 Å². The fourth-order valence-corrected chi connectivity index (χ4v) is 2.82. The summed E-state index contributed by atoms with van der Waals surface area (Å²) >= 11 is 5.95. The smallest absolute Gasteiger partial charge is 0.338 e. The van der Waals surface area contributed by atoms with Gasteiger partial charge >= 0.3 is 5.97 Å². The van der Waals surface area contributed by atoms with E-state index < -0.39 is 17.3 Å². The highest BCUT2D eigenvalue weighted by molar-refractivity contribution is 6.32. The van der Waals surface area contributed by atoms with Gasteiger partial charge in [-0.3, -0.25) is 0 Å². The van der Waals surface area contributed by atoms with Gasteiger partial charge in [0.1, 0.15) is 11.6 Å². The summed E-state index contributed by atoms with van der Waals surface area (Å²) in [7, 11) is 0. The molecule has 0 saturated heterocycles. The summed E-state index contributed by atoms with van der Waals surface area (Å²) in [5, 5.41) is 8.94. The third-order valence-corrected chi connectivity index (χ3v) is 4.18. The standard InChI is InChI=1S/C15H18ClFO3/c1-15(5-3-2-4-6-15)9-20-13-8-12(17)10(14(18)19)7-11(13)16/h7-8H,2-6,9H2,1H3,(H,18,19). The zero-order chi connectivity index (χ0) is 14.8. The molecule has 1 N–H and O–H groups in total. The summed E-state index contributed by atoms with van der Waals surface area (Å²) in [6, 6.07) is 2.15. The van der Waals surface area contributed by atoms with Crippen molar-refractivity contribution in [3.63, 3.8) is 0 Å². The van der Waals surface area contributed by atoms with Crippen LogP contribution in [0, 0.1) is 11.2 Å². The van der Waals surface area contributed by atoms with E-state index in [2.05, 4.69) is 6.92 Å². The number of hydrogen-bond acceptors (Lipinski definition) is 2. The molecule has 2 rings (SSSR count). The fraction of sp³-hybridized carbons (Fsp3) is 0.533. The van der Waals surface area contributed by atoms with Crippen molar-refractivity contribution in [1.29, 1.82) is 0 Å². The molecular formula is C15H18ClFO3. The first-order chi connectivity index (χ1) is 9.41. The summed E-state index contributed by atoms with van der Waals surface area (Å²) in [5.41, 5.74) is -0.352. The summed E-state index contributed by atoms with van der Waals surface area (Å²) in [4.78, 5) is 10.8. The molecule has 20 heavy (non-hydrogen) atoms. The average Bonchev–Trinajstić information content (AvgIpc) is 2.40. The van der Waals surface area contributed by atoms with Crippen molar-refractivity contribution < 1.29 is 19.0 Å².